The summed E-state index contributed by atoms with van der Waals surface area (Å²) >= 11 is 0. The molecule has 1 saturated heterocycles. The van der Waals surface area contributed by atoms with Gasteiger partial charge in [0.15, 0.2) is 5.82 Å². The molecule has 1 saturated carbocycles. The lowest BCUT2D eigenvalue weighted by Gasteiger charge is -2.39. The Bertz CT molecular complexity index is 928. The van der Waals surface area contributed by atoms with Crippen LogP contribution in [0.1, 0.15) is 50.2 Å². The van der Waals surface area contributed by atoms with E-state index in [1.54, 1.807) is 18.3 Å². The van der Waals surface area contributed by atoms with Crippen molar-refractivity contribution in [3.8, 4) is 6.07 Å². The second-order valence-corrected chi connectivity index (χ2v) is 8.02. The molecule has 0 atom stereocenters. The molecule has 4 rings (SSSR count). The Hall–Kier alpha value is -2.98. The average molecular weight is 406 g/mol. The van der Waals surface area contributed by atoms with Crippen LogP contribution in [0, 0.1) is 11.3 Å². The Balaban J connectivity index is 1.71. The summed E-state index contributed by atoms with van der Waals surface area (Å²) < 4.78 is 5.54. The fourth-order valence-corrected chi connectivity index (χ4v) is 4.33. The van der Waals surface area contributed by atoms with Gasteiger partial charge in [-0.1, -0.05) is 6.42 Å². The zero-order valence-corrected chi connectivity index (χ0v) is 17.3. The monoisotopic (exact) mass is 405 g/mol. The van der Waals surface area contributed by atoms with Crippen LogP contribution in [0.3, 0.4) is 0 Å². The fraction of sp³-hybridized carbons (Fsp3) is 0.478. The number of anilines is 3. The zero-order valence-electron chi connectivity index (χ0n) is 17.3. The molecule has 0 bridgehead atoms. The van der Waals surface area contributed by atoms with Crippen LogP contribution in [-0.4, -0.2) is 42.1 Å². The van der Waals surface area contributed by atoms with E-state index in [0.717, 1.165) is 75.2 Å². The van der Waals surface area contributed by atoms with Crippen LogP contribution in [0.4, 0.5) is 17.3 Å². The molecule has 0 unspecified atom stereocenters. The highest BCUT2D eigenvalue weighted by Crippen LogP contribution is 2.44. The van der Waals surface area contributed by atoms with Crippen molar-refractivity contribution in [2.45, 2.75) is 50.5 Å². The second kappa shape index (κ2) is 8.80. The van der Waals surface area contributed by atoms with Crippen molar-refractivity contribution < 1.29 is 9.53 Å². The molecule has 30 heavy (non-hydrogen) atoms. The summed E-state index contributed by atoms with van der Waals surface area (Å²) in [6.45, 7) is 4.47. The third-order valence-electron chi connectivity index (χ3n) is 6.31. The van der Waals surface area contributed by atoms with Gasteiger partial charge in [-0.05, 0) is 56.4 Å². The van der Waals surface area contributed by atoms with Gasteiger partial charge in [0.1, 0.15) is 18.2 Å². The highest BCUT2D eigenvalue weighted by atomic mass is 16.5. The lowest BCUT2D eigenvalue weighted by atomic mass is 9.66. The molecule has 1 N–H and O–H groups in total. The predicted octanol–water partition coefficient (Wildman–Crippen LogP) is 3.72. The van der Waals surface area contributed by atoms with Gasteiger partial charge >= 0.3 is 0 Å². The van der Waals surface area contributed by atoms with Gasteiger partial charge in [-0.15, -0.1) is 0 Å². The van der Waals surface area contributed by atoms with Gasteiger partial charge in [0.2, 0.25) is 0 Å². The first-order valence-electron chi connectivity index (χ1n) is 10.6. The van der Waals surface area contributed by atoms with E-state index in [1.807, 2.05) is 6.20 Å². The van der Waals surface area contributed by atoms with Crippen LogP contribution in [0.15, 0.2) is 30.6 Å². The molecule has 1 aliphatic carbocycles. The molecule has 0 amide bonds. The van der Waals surface area contributed by atoms with E-state index < -0.39 is 5.41 Å². The summed E-state index contributed by atoms with van der Waals surface area (Å²) in [5.74, 6) is 1.51. The molecule has 7 nitrogen and oxygen atoms in total. The number of ether oxygens (including phenoxy) is 1. The molecule has 3 heterocycles. The van der Waals surface area contributed by atoms with E-state index in [1.165, 1.54) is 0 Å². The van der Waals surface area contributed by atoms with Gasteiger partial charge in [0.25, 0.3) is 0 Å². The molecular weight excluding hydrogens is 378 g/mol. The van der Waals surface area contributed by atoms with Crippen molar-refractivity contribution >= 4 is 23.6 Å². The van der Waals surface area contributed by atoms with Gasteiger partial charge in [-0.25, -0.2) is 9.97 Å². The molecule has 156 valence electrons. The van der Waals surface area contributed by atoms with Gasteiger partial charge < -0.3 is 19.7 Å². The van der Waals surface area contributed by atoms with E-state index in [0.29, 0.717) is 17.4 Å². The largest absolute Gasteiger partial charge is 0.381 e. The Kier molecular flexibility index (Phi) is 5.96. The minimum atomic E-state index is -0.421. The van der Waals surface area contributed by atoms with E-state index in [9.17, 15) is 4.79 Å². The number of aromatic nitrogens is 2. The number of rotatable bonds is 7. The van der Waals surface area contributed by atoms with Crippen molar-refractivity contribution in [2.75, 3.05) is 30.0 Å². The van der Waals surface area contributed by atoms with Crippen molar-refractivity contribution in [1.82, 2.24) is 9.97 Å². The van der Waals surface area contributed by atoms with Gasteiger partial charge in [0, 0.05) is 38.2 Å². The Labute approximate surface area is 177 Å². The molecule has 0 radical (unpaired) electrons. The average Bonchev–Trinajstić information content (AvgIpc) is 2.76. The number of aldehydes is 1. The molecule has 2 aliphatic rings. The molecule has 2 aromatic rings. The highest BCUT2D eigenvalue weighted by Gasteiger charge is 2.39. The van der Waals surface area contributed by atoms with E-state index in [-0.39, 0.29) is 0 Å². The van der Waals surface area contributed by atoms with Crippen LogP contribution in [0.25, 0.3) is 0 Å². The number of hydrogen-bond acceptors (Lipinski definition) is 7. The summed E-state index contributed by atoms with van der Waals surface area (Å²) in [5.41, 5.74) is 1.88. The number of pyridine rings is 2. The van der Waals surface area contributed by atoms with Crippen LogP contribution >= 0.6 is 0 Å². The van der Waals surface area contributed by atoms with Crippen molar-refractivity contribution in [1.29, 1.82) is 5.26 Å². The van der Waals surface area contributed by atoms with Crippen molar-refractivity contribution in [3.05, 3.63) is 41.7 Å². The number of nitriles is 1. The summed E-state index contributed by atoms with van der Waals surface area (Å²) in [6, 6.07) is 8.03. The molecule has 7 heteroatoms. The highest BCUT2D eigenvalue weighted by molar-refractivity contribution is 5.76. The van der Waals surface area contributed by atoms with Crippen LogP contribution < -0.4 is 10.2 Å². The first-order valence-corrected chi connectivity index (χ1v) is 10.6. The predicted molar refractivity (Wildman–Crippen MR) is 115 cm³/mol. The third-order valence-corrected chi connectivity index (χ3v) is 6.31. The van der Waals surface area contributed by atoms with Gasteiger partial charge in [-0.3, -0.25) is 0 Å². The van der Waals surface area contributed by atoms with E-state index >= 15 is 0 Å². The number of carbonyl (C=O) groups excluding carboxylic acids is 1. The minimum Gasteiger partial charge on any atom is -0.381 e. The maximum atomic E-state index is 11.9. The Morgan fingerprint density at radius 3 is 2.67 bits per heavy atom. The lowest BCUT2D eigenvalue weighted by molar-refractivity contribution is -0.115. The minimum absolute atomic E-state index is 0.361. The standard InChI is InChI=1S/C23H27N5O2/c1-2-28(19-6-10-30-11-7-19)22-20(27-21-5-4-17(13-24)14-25-21)12-18(15-26-22)23(16-29)8-3-9-23/h4-5,12,14-16,19H,2-3,6-11H2,1H3,(H,25,27). The number of hydrogen-bond donors (Lipinski definition) is 1. The van der Waals surface area contributed by atoms with Crippen molar-refractivity contribution in [3.63, 3.8) is 0 Å². The number of nitrogens with zero attached hydrogens (tertiary/aromatic N) is 4. The summed E-state index contributed by atoms with van der Waals surface area (Å²) in [7, 11) is 0. The smallest absolute Gasteiger partial charge is 0.152 e. The molecule has 0 spiro atoms. The number of carbonyl (C=O) groups is 1. The summed E-state index contributed by atoms with van der Waals surface area (Å²) in [4.78, 5) is 23.4. The van der Waals surface area contributed by atoms with Gasteiger partial charge in [0.05, 0.1) is 16.7 Å². The Morgan fingerprint density at radius 1 is 1.30 bits per heavy atom. The van der Waals surface area contributed by atoms with Crippen LogP contribution in [0.2, 0.25) is 0 Å². The van der Waals surface area contributed by atoms with Crippen LogP contribution in [0.5, 0.6) is 0 Å². The first-order chi connectivity index (χ1) is 14.7. The summed E-state index contributed by atoms with van der Waals surface area (Å²) in [6.07, 6.45) is 9.20. The number of nitrogens with one attached hydrogen (secondary N) is 1. The van der Waals surface area contributed by atoms with Gasteiger partial charge in [-0.2, -0.15) is 5.26 Å². The quantitative estimate of drug-likeness (QED) is 0.702. The Morgan fingerprint density at radius 2 is 2.10 bits per heavy atom. The van der Waals surface area contributed by atoms with E-state index in [4.69, 9.17) is 15.0 Å². The lowest BCUT2D eigenvalue weighted by Crippen LogP contribution is -2.40. The SMILES string of the molecule is CCN(c1ncc(C2(C=O)CCC2)cc1Nc1ccc(C#N)cn1)C1CCOCC1. The van der Waals surface area contributed by atoms with Crippen molar-refractivity contribution in [2.24, 2.45) is 0 Å². The fourth-order valence-electron chi connectivity index (χ4n) is 4.33. The molecule has 2 fully saturated rings. The first kappa shape index (κ1) is 20.3. The van der Waals surface area contributed by atoms with E-state index in [2.05, 4.69) is 34.3 Å². The summed E-state index contributed by atoms with van der Waals surface area (Å²) in [5, 5.41) is 12.4. The normalized spacial score (nSPS) is 18.1. The maximum Gasteiger partial charge on any atom is 0.152 e. The molecule has 2 aromatic heterocycles. The maximum absolute atomic E-state index is 11.9. The molecular formula is C23H27N5O2. The topological polar surface area (TPSA) is 91.1 Å². The molecule has 0 aromatic carbocycles. The second-order valence-electron chi connectivity index (χ2n) is 8.02. The third kappa shape index (κ3) is 3.88. The zero-order chi connectivity index (χ0) is 21.0. The molecule has 1 aliphatic heterocycles. The van der Waals surface area contributed by atoms with Crippen LogP contribution in [-0.2, 0) is 14.9 Å².